The molecule has 0 radical (unpaired) electrons. The van der Waals surface area contributed by atoms with Crippen molar-refractivity contribution >= 4 is 0 Å². The second-order valence-corrected chi connectivity index (χ2v) is 3.89. The highest BCUT2D eigenvalue weighted by Crippen LogP contribution is 2.26. The SMILES string of the molecule is CCCOC1CC(C)CCC1O. The largest absolute Gasteiger partial charge is 0.390 e. The van der Waals surface area contributed by atoms with Gasteiger partial charge in [-0.15, -0.1) is 0 Å². The van der Waals surface area contributed by atoms with Crippen LogP contribution in [0.5, 0.6) is 0 Å². The van der Waals surface area contributed by atoms with Gasteiger partial charge in [0.05, 0.1) is 12.2 Å². The van der Waals surface area contributed by atoms with Crippen LogP contribution in [0, 0.1) is 5.92 Å². The minimum Gasteiger partial charge on any atom is -0.390 e. The van der Waals surface area contributed by atoms with Crippen LogP contribution in [0.25, 0.3) is 0 Å². The average Bonchev–Trinajstić information content (AvgIpc) is 2.07. The molecule has 0 saturated heterocycles. The van der Waals surface area contributed by atoms with Crippen LogP contribution in [0.3, 0.4) is 0 Å². The Kier molecular flexibility index (Phi) is 4.02. The van der Waals surface area contributed by atoms with Gasteiger partial charge in [-0.2, -0.15) is 0 Å². The van der Waals surface area contributed by atoms with E-state index in [4.69, 9.17) is 4.74 Å². The van der Waals surface area contributed by atoms with Crippen LogP contribution in [0.2, 0.25) is 0 Å². The monoisotopic (exact) mass is 172 g/mol. The van der Waals surface area contributed by atoms with Crippen molar-refractivity contribution in [2.24, 2.45) is 5.92 Å². The fourth-order valence-corrected chi connectivity index (χ4v) is 1.76. The minimum absolute atomic E-state index is 0.105. The Morgan fingerprint density at radius 3 is 2.83 bits per heavy atom. The van der Waals surface area contributed by atoms with E-state index in [0.717, 1.165) is 38.2 Å². The van der Waals surface area contributed by atoms with E-state index in [1.165, 1.54) is 0 Å². The standard InChI is InChI=1S/C10H20O2/c1-3-6-12-10-7-8(2)4-5-9(10)11/h8-11H,3-7H2,1-2H3. The summed E-state index contributed by atoms with van der Waals surface area (Å²) >= 11 is 0. The van der Waals surface area contributed by atoms with Gasteiger partial charge in [0.2, 0.25) is 0 Å². The lowest BCUT2D eigenvalue weighted by Gasteiger charge is -2.31. The maximum Gasteiger partial charge on any atom is 0.0836 e. The molecule has 12 heavy (non-hydrogen) atoms. The van der Waals surface area contributed by atoms with Gasteiger partial charge in [-0.05, 0) is 31.6 Å². The first-order valence-electron chi connectivity index (χ1n) is 5.03. The van der Waals surface area contributed by atoms with Gasteiger partial charge in [0.1, 0.15) is 0 Å². The van der Waals surface area contributed by atoms with Crippen molar-refractivity contribution in [2.45, 2.75) is 51.7 Å². The van der Waals surface area contributed by atoms with Crippen LogP contribution < -0.4 is 0 Å². The number of rotatable bonds is 3. The van der Waals surface area contributed by atoms with Crippen LogP contribution >= 0.6 is 0 Å². The molecule has 1 aliphatic rings. The molecule has 0 aromatic rings. The lowest BCUT2D eigenvalue weighted by atomic mass is 9.86. The summed E-state index contributed by atoms with van der Waals surface area (Å²) in [6.07, 6.45) is 4.02. The van der Waals surface area contributed by atoms with Gasteiger partial charge in [-0.3, -0.25) is 0 Å². The maximum absolute atomic E-state index is 9.59. The van der Waals surface area contributed by atoms with E-state index in [0.29, 0.717) is 0 Å². The van der Waals surface area contributed by atoms with Gasteiger partial charge >= 0.3 is 0 Å². The number of hydrogen-bond acceptors (Lipinski definition) is 2. The van der Waals surface area contributed by atoms with Gasteiger partial charge in [-0.25, -0.2) is 0 Å². The highest BCUT2D eigenvalue weighted by Gasteiger charge is 2.27. The molecule has 2 heteroatoms. The molecular weight excluding hydrogens is 152 g/mol. The summed E-state index contributed by atoms with van der Waals surface area (Å²) in [6.45, 7) is 5.11. The molecule has 0 amide bonds. The van der Waals surface area contributed by atoms with Gasteiger partial charge in [0.25, 0.3) is 0 Å². The number of ether oxygens (including phenoxy) is 1. The van der Waals surface area contributed by atoms with E-state index < -0.39 is 0 Å². The highest BCUT2D eigenvalue weighted by atomic mass is 16.5. The molecule has 1 saturated carbocycles. The summed E-state index contributed by atoms with van der Waals surface area (Å²) < 4.78 is 5.56. The quantitative estimate of drug-likeness (QED) is 0.705. The molecule has 72 valence electrons. The van der Waals surface area contributed by atoms with Crippen molar-refractivity contribution in [2.75, 3.05) is 6.61 Å². The third kappa shape index (κ3) is 2.76. The minimum atomic E-state index is -0.215. The Morgan fingerprint density at radius 2 is 2.17 bits per heavy atom. The van der Waals surface area contributed by atoms with E-state index >= 15 is 0 Å². The smallest absolute Gasteiger partial charge is 0.0836 e. The number of aliphatic hydroxyl groups excluding tert-OH is 1. The van der Waals surface area contributed by atoms with Crippen LogP contribution in [0.1, 0.15) is 39.5 Å². The van der Waals surface area contributed by atoms with E-state index in [9.17, 15) is 5.11 Å². The normalized spacial score (nSPS) is 36.8. The summed E-state index contributed by atoms with van der Waals surface area (Å²) in [4.78, 5) is 0. The van der Waals surface area contributed by atoms with E-state index in [1.54, 1.807) is 0 Å². The van der Waals surface area contributed by atoms with Crippen molar-refractivity contribution in [3.63, 3.8) is 0 Å². The van der Waals surface area contributed by atoms with Crippen LogP contribution in [0.15, 0.2) is 0 Å². The predicted octanol–water partition coefficient (Wildman–Crippen LogP) is 1.96. The molecule has 1 N–H and O–H groups in total. The first kappa shape index (κ1) is 10.0. The van der Waals surface area contributed by atoms with Gasteiger partial charge in [0.15, 0.2) is 0 Å². The first-order chi connectivity index (χ1) is 5.74. The van der Waals surface area contributed by atoms with Crippen molar-refractivity contribution in [3.05, 3.63) is 0 Å². The molecule has 3 unspecified atom stereocenters. The lowest BCUT2D eigenvalue weighted by molar-refractivity contribution is -0.0690. The highest BCUT2D eigenvalue weighted by molar-refractivity contribution is 4.78. The molecule has 0 aliphatic heterocycles. The Bertz CT molecular complexity index is 125. The molecule has 0 heterocycles. The Labute approximate surface area is 74.9 Å². The maximum atomic E-state index is 9.59. The van der Waals surface area contributed by atoms with Crippen LogP contribution in [0.4, 0.5) is 0 Å². The fourth-order valence-electron chi connectivity index (χ4n) is 1.76. The third-order valence-electron chi connectivity index (χ3n) is 2.56. The summed E-state index contributed by atoms with van der Waals surface area (Å²) in [5.74, 6) is 0.718. The Balaban J connectivity index is 2.28. The first-order valence-corrected chi connectivity index (χ1v) is 5.03. The molecule has 0 aromatic heterocycles. The lowest BCUT2D eigenvalue weighted by Crippen LogP contribution is -2.35. The van der Waals surface area contributed by atoms with Crippen LogP contribution in [-0.2, 0) is 4.74 Å². The molecule has 1 aliphatic carbocycles. The zero-order valence-corrected chi connectivity index (χ0v) is 8.12. The van der Waals surface area contributed by atoms with E-state index in [1.807, 2.05) is 0 Å². The zero-order chi connectivity index (χ0) is 8.97. The molecule has 1 rings (SSSR count). The van der Waals surface area contributed by atoms with Crippen LogP contribution in [-0.4, -0.2) is 23.9 Å². The molecule has 3 atom stereocenters. The van der Waals surface area contributed by atoms with Crippen molar-refractivity contribution in [1.29, 1.82) is 0 Å². The predicted molar refractivity (Wildman–Crippen MR) is 49.1 cm³/mol. The van der Waals surface area contributed by atoms with Gasteiger partial charge in [-0.1, -0.05) is 13.8 Å². The fraction of sp³-hybridized carbons (Fsp3) is 1.00. The summed E-state index contributed by atoms with van der Waals surface area (Å²) in [7, 11) is 0. The molecule has 0 bridgehead atoms. The third-order valence-corrected chi connectivity index (χ3v) is 2.56. The summed E-state index contributed by atoms with van der Waals surface area (Å²) in [6, 6.07) is 0. The Hall–Kier alpha value is -0.0800. The van der Waals surface area contributed by atoms with Gasteiger partial charge < -0.3 is 9.84 Å². The Morgan fingerprint density at radius 1 is 1.42 bits per heavy atom. The number of hydrogen-bond donors (Lipinski definition) is 1. The van der Waals surface area contributed by atoms with Crippen molar-refractivity contribution in [1.82, 2.24) is 0 Å². The van der Waals surface area contributed by atoms with E-state index in [-0.39, 0.29) is 12.2 Å². The van der Waals surface area contributed by atoms with E-state index in [2.05, 4.69) is 13.8 Å². The summed E-state index contributed by atoms with van der Waals surface area (Å²) in [5, 5.41) is 9.59. The molecule has 1 fully saturated rings. The topological polar surface area (TPSA) is 29.5 Å². The second kappa shape index (κ2) is 4.83. The second-order valence-electron chi connectivity index (χ2n) is 3.89. The number of aliphatic hydroxyl groups is 1. The average molecular weight is 172 g/mol. The zero-order valence-electron chi connectivity index (χ0n) is 8.12. The van der Waals surface area contributed by atoms with Gasteiger partial charge in [0, 0.05) is 6.61 Å². The molecule has 0 aromatic carbocycles. The van der Waals surface area contributed by atoms with Crippen molar-refractivity contribution < 1.29 is 9.84 Å². The van der Waals surface area contributed by atoms with Crippen molar-refractivity contribution in [3.8, 4) is 0 Å². The molecule has 0 spiro atoms. The molecule has 2 nitrogen and oxygen atoms in total. The summed E-state index contributed by atoms with van der Waals surface area (Å²) in [5.41, 5.74) is 0. The molecular formula is C10H20O2.